The van der Waals surface area contributed by atoms with Crippen LogP contribution < -0.4 is 5.32 Å². The lowest BCUT2D eigenvalue weighted by Gasteiger charge is -2.26. The Bertz CT molecular complexity index is 127. The number of rotatable bonds is 3. The first-order valence-corrected chi connectivity index (χ1v) is 3.79. The van der Waals surface area contributed by atoms with Gasteiger partial charge in [-0.2, -0.15) is 0 Å². The quantitative estimate of drug-likeness (QED) is 0.595. The Balaban J connectivity index is 2.04. The van der Waals surface area contributed by atoms with Crippen LogP contribution >= 0.6 is 0 Å². The van der Waals surface area contributed by atoms with Crippen molar-refractivity contribution in [3.05, 3.63) is 11.8 Å². The molecule has 1 saturated heterocycles. The first-order chi connectivity index (χ1) is 4.83. The molecule has 0 aliphatic carbocycles. The van der Waals surface area contributed by atoms with Crippen LogP contribution in [0.15, 0.2) is 11.8 Å². The summed E-state index contributed by atoms with van der Waals surface area (Å²) in [4.78, 5) is 0. The average molecular weight is 141 g/mol. The van der Waals surface area contributed by atoms with Crippen LogP contribution in [0.3, 0.4) is 0 Å². The van der Waals surface area contributed by atoms with Gasteiger partial charge in [-0.3, -0.25) is 0 Å². The van der Waals surface area contributed by atoms with Gasteiger partial charge in [0.1, 0.15) is 0 Å². The van der Waals surface area contributed by atoms with Crippen molar-refractivity contribution in [2.24, 2.45) is 5.92 Å². The van der Waals surface area contributed by atoms with Crippen LogP contribution in [-0.2, 0) is 4.74 Å². The van der Waals surface area contributed by atoms with Gasteiger partial charge in [0.15, 0.2) is 0 Å². The Morgan fingerprint density at radius 3 is 2.80 bits per heavy atom. The molecule has 0 unspecified atom stereocenters. The van der Waals surface area contributed by atoms with E-state index in [1.807, 2.05) is 19.9 Å². The average Bonchev–Trinajstić information content (AvgIpc) is 1.84. The predicted molar refractivity (Wildman–Crippen MR) is 41.7 cm³/mol. The second-order valence-corrected chi connectivity index (χ2v) is 2.73. The fraction of sp³-hybridized carbons (Fsp3) is 0.750. The van der Waals surface area contributed by atoms with Crippen LogP contribution in [0.25, 0.3) is 0 Å². The number of hydrogen-bond donors (Lipinski definition) is 1. The highest BCUT2D eigenvalue weighted by molar-refractivity contribution is 4.85. The Morgan fingerprint density at radius 1 is 1.70 bits per heavy atom. The number of hydrogen-bond acceptors (Lipinski definition) is 2. The number of ether oxygens (including phenoxy) is 1. The molecular formula is C8H15NO. The highest BCUT2D eigenvalue weighted by Crippen LogP contribution is 2.05. The summed E-state index contributed by atoms with van der Waals surface area (Å²) < 4.78 is 5.42. The molecule has 0 aromatic rings. The minimum atomic E-state index is 0.745. The molecule has 2 nitrogen and oxygen atoms in total. The summed E-state index contributed by atoms with van der Waals surface area (Å²) in [6.07, 6.45) is 1.99. The Hall–Kier alpha value is -0.500. The van der Waals surface area contributed by atoms with E-state index in [4.69, 9.17) is 4.74 Å². The maximum Gasteiger partial charge on any atom is 0.0929 e. The molecule has 0 atom stereocenters. The summed E-state index contributed by atoms with van der Waals surface area (Å²) in [6, 6.07) is 0. The van der Waals surface area contributed by atoms with E-state index < -0.39 is 0 Å². The lowest BCUT2D eigenvalue weighted by molar-refractivity contribution is 0.135. The van der Waals surface area contributed by atoms with E-state index in [0.29, 0.717) is 0 Å². The second kappa shape index (κ2) is 3.62. The molecular weight excluding hydrogens is 126 g/mol. The molecule has 1 aliphatic rings. The number of allylic oxidation sites excluding steroid dienone is 2. The van der Waals surface area contributed by atoms with Crippen LogP contribution in [0, 0.1) is 5.92 Å². The molecule has 1 fully saturated rings. The fourth-order valence-corrected chi connectivity index (χ4v) is 0.799. The van der Waals surface area contributed by atoms with Crippen molar-refractivity contribution < 1.29 is 4.74 Å². The lowest BCUT2D eigenvalue weighted by Crippen LogP contribution is -2.44. The normalized spacial score (nSPS) is 20.4. The van der Waals surface area contributed by atoms with Gasteiger partial charge in [0.2, 0.25) is 0 Å². The molecule has 1 rings (SSSR count). The third-order valence-corrected chi connectivity index (χ3v) is 1.82. The minimum Gasteiger partial charge on any atom is -0.498 e. The molecule has 0 saturated carbocycles. The predicted octanol–water partition coefficient (Wildman–Crippen LogP) is 1.15. The van der Waals surface area contributed by atoms with E-state index >= 15 is 0 Å². The van der Waals surface area contributed by atoms with E-state index in [0.717, 1.165) is 31.4 Å². The molecule has 0 radical (unpaired) electrons. The van der Waals surface area contributed by atoms with E-state index in [-0.39, 0.29) is 0 Å². The van der Waals surface area contributed by atoms with Crippen molar-refractivity contribution in [2.45, 2.75) is 13.8 Å². The molecule has 58 valence electrons. The second-order valence-electron chi connectivity index (χ2n) is 2.73. The summed E-state index contributed by atoms with van der Waals surface area (Å²) in [5.74, 6) is 1.78. The third kappa shape index (κ3) is 2.03. The molecule has 1 aliphatic heterocycles. The summed E-state index contributed by atoms with van der Waals surface area (Å²) in [6.45, 7) is 7.11. The molecule has 0 aromatic heterocycles. The SMILES string of the molecule is C/C=C(\C)OCC1CNC1. The van der Waals surface area contributed by atoms with Crippen molar-refractivity contribution in [3.8, 4) is 0 Å². The standard InChI is InChI=1S/C8H15NO/c1-3-7(2)10-6-8-4-9-5-8/h3,8-9H,4-6H2,1-2H3/b7-3+. The molecule has 0 aromatic carbocycles. The highest BCUT2D eigenvalue weighted by Gasteiger charge is 2.16. The molecule has 0 spiro atoms. The van der Waals surface area contributed by atoms with E-state index in [1.54, 1.807) is 0 Å². The summed E-state index contributed by atoms with van der Waals surface area (Å²) >= 11 is 0. The third-order valence-electron chi connectivity index (χ3n) is 1.82. The monoisotopic (exact) mass is 141 g/mol. The smallest absolute Gasteiger partial charge is 0.0929 e. The van der Waals surface area contributed by atoms with Crippen molar-refractivity contribution >= 4 is 0 Å². The lowest BCUT2D eigenvalue weighted by atomic mass is 10.1. The van der Waals surface area contributed by atoms with Crippen LogP contribution in [0.5, 0.6) is 0 Å². The summed E-state index contributed by atoms with van der Waals surface area (Å²) in [7, 11) is 0. The van der Waals surface area contributed by atoms with Crippen molar-refractivity contribution in [1.29, 1.82) is 0 Å². The van der Waals surface area contributed by atoms with Gasteiger partial charge in [-0.15, -0.1) is 0 Å². The topological polar surface area (TPSA) is 21.3 Å². The zero-order valence-electron chi connectivity index (χ0n) is 6.68. The molecule has 0 bridgehead atoms. The van der Waals surface area contributed by atoms with Crippen molar-refractivity contribution in [2.75, 3.05) is 19.7 Å². The van der Waals surface area contributed by atoms with Gasteiger partial charge in [0.05, 0.1) is 12.4 Å². The van der Waals surface area contributed by atoms with E-state index in [1.165, 1.54) is 0 Å². The maximum absolute atomic E-state index is 5.42. The van der Waals surface area contributed by atoms with Crippen LogP contribution in [-0.4, -0.2) is 19.7 Å². The van der Waals surface area contributed by atoms with Crippen LogP contribution in [0.1, 0.15) is 13.8 Å². The van der Waals surface area contributed by atoms with Crippen molar-refractivity contribution in [1.82, 2.24) is 5.32 Å². The van der Waals surface area contributed by atoms with Crippen molar-refractivity contribution in [3.63, 3.8) is 0 Å². The summed E-state index contributed by atoms with van der Waals surface area (Å²) in [5.41, 5.74) is 0. The van der Waals surface area contributed by atoms with E-state index in [2.05, 4.69) is 5.32 Å². The Labute approximate surface area is 62.3 Å². The fourth-order valence-electron chi connectivity index (χ4n) is 0.799. The molecule has 1 heterocycles. The Kier molecular flexibility index (Phi) is 2.75. The highest BCUT2D eigenvalue weighted by atomic mass is 16.5. The zero-order valence-corrected chi connectivity index (χ0v) is 6.68. The number of nitrogens with one attached hydrogen (secondary N) is 1. The van der Waals surface area contributed by atoms with Gasteiger partial charge in [-0.1, -0.05) is 6.08 Å². The van der Waals surface area contributed by atoms with Crippen LogP contribution in [0.4, 0.5) is 0 Å². The molecule has 1 N–H and O–H groups in total. The van der Waals surface area contributed by atoms with E-state index in [9.17, 15) is 0 Å². The van der Waals surface area contributed by atoms with Crippen LogP contribution in [0.2, 0.25) is 0 Å². The van der Waals surface area contributed by atoms with Gasteiger partial charge in [-0.05, 0) is 13.8 Å². The van der Waals surface area contributed by atoms with Gasteiger partial charge >= 0.3 is 0 Å². The first kappa shape index (κ1) is 7.61. The first-order valence-electron chi connectivity index (χ1n) is 3.79. The summed E-state index contributed by atoms with van der Waals surface area (Å²) in [5, 5.41) is 3.20. The molecule has 10 heavy (non-hydrogen) atoms. The zero-order chi connectivity index (χ0) is 7.40. The van der Waals surface area contributed by atoms with Gasteiger partial charge in [-0.25, -0.2) is 0 Å². The van der Waals surface area contributed by atoms with Gasteiger partial charge < -0.3 is 10.1 Å². The Morgan fingerprint density at radius 2 is 2.40 bits per heavy atom. The van der Waals surface area contributed by atoms with Gasteiger partial charge in [0.25, 0.3) is 0 Å². The minimum absolute atomic E-state index is 0.745. The molecule has 2 heteroatoms. The molecule has 0 amide bonds. The maximum atomic E-state index is 5.42. The largest absolute Gasteiger partial charge is 0.498 e. The van der Waals surface area contributed by atoms with Gasteiger partial charge in [0, 0.05) is 19.0 Å².